The Morgan fingerprint density at radius 2 is 1.84 bits per heavy atom. The summed E-state index contributed by atoms with van der Waals surface area (Å²) in [5.74, 6) is -1.48. The van der Waals surface area contributed by atoms with Gasteiger partial charge in [0.15, 0.2) is 0 Å². The molecular weight excluding hydrogens is 418 g/mol. The molecule has 174 valence electrons. The number of fused-ring (bicyclic) bond motifs is 1. The molecule has 0 fully saturated rings. The summed E-state index contributed by atoms with van der Waals surface area (Å²) in [6.45, 7) is 5.16. The number of benzene rings is 2. The quantitative estimate of drug-likeness (QED) is 0.523. The van der Waals surface area contributed by atoms with Gasteiger partial charge < -0.3 is 25.6 Å². The summed E-state index contributed by atoms with van der Waals surface area (Å²) < 4.78 is 32.6. The Morgan fingerprint density at radius 3 is 2.50 bits per heavy atom. The van der Waals surface area contributed by atoms with Crippen molar-refractivity contribution >= 4 is 6.09 Å². The number of hydrogen-bond acceptors (Lipinski definition) is 5. The van der Waals surface area contributed by atoms with E-state index in [1.165, 1.54) is 0 Å². The third-order valence-corrected chi connectivity index (χ3v) is 5.30. The Bertz CT molecular complexity index is 928. The Morgan fingerprint density at radius 1 is 1.19 bits per heavy atom. The van der Waals surface area contributed by atoms with Crippen molar-refractivity contribution in [1.29, 1.82) is 0 Å². The molecule has 0 heterocycles. The van der Waals surface area contributed by atoms with E-state index in [0.717, 1.165) is 29.3 Å². The minimum atomic E-state index is -1.12. The predicted octanol–water partition coefficient (Wildman–Crippen LogP) is 3.01. The number of aliphatic hydroxyl groups is 2. The number of alkyl carbamates (subject to hydrolysis) is 1. The Balaban J connectivity index is 1.72. The number of carbonyl (C=O) groups is 1. The molecule has 4 atom stereocenters. The maximum atomic E-state index is 13.6. The Hall–Kier alpha value is -2.55. The second-order valence-corrected chi connectivity index (χ2v) is 9.16. The predicted molar refractivity (Wildman–Crippen MR) is 116 cm³/mol. The van der Waals surface area contributed by atoms with Crippen LogP contribution >= 0.6 is 0 Å². The molecule has 1 aliphatic carbocycles. The van der Waals surface area contributed by atoms with Crippen molar-refractivity contribution in [3.63, 3.8) is 0 Å². The van der Waals surface area contributed by atoms with E-state index in [1.807, 2.05) is 24.3 Å². The molecule has 4 N–H and O–H groups in total. The zero-order valence-corrected chi connectivity index (χ0v) is 18.4. The molecule has 1 aliphatic rings. The number of hydrogen-bond donors (Lipinski definition) is 4. The van der Waals surface area contributed by atoms with E-state index in [-0.39, 0.29) is 24.6 Å². The lowest BCUT2D eigenvalue weighted by Gasteiger charge is -2.28. The summed E-state index contributed by atoms with van der Waals surface area (Å²) in [5, 5.41) is 27.0. The fourth-order valence-electron chi connectivity index (χ4n) is 3.93. The van der Waals surface area contributed by atoms with Crippen molar-refractivity contribution in [3.05, 3.63) is 70.8 Å². The van der Waals surface area contributed by atoms with Gasteiger partial charge >= 0.3 is 6.09 Å². The summed E-state index contributed by atoms with van der Waals surface area (Å²) in [5.41, 5.74) is 1.52. The van der Waals surface area contributed by atoms with E-state index < -0.39 is 41.6 Å². The van der Waals surface area contributed by atoms with Gasteiger partial charge in [0.05, 0.1) is 24.3 Å². The highest BCUT2D eigenvalue weighted by Gasteiger charge is 2.32. The maximum Gasteiger partial charge on any atom is 0.407 e. The first-order valence-electron chi connectivity index (χ1n) is 10.6. The van der Waals surface area contributed by atoms with Crippen LogP contribution in [0.15, 0.2) is 42.5 Å². The molecule has 0 spiro atoms. The molecule has 2 aromatic rings. The zero-order valence-electron chi connectivity index (χ0n) is 18.4. The average Bonchev–Trinajstić information content (AvgIpc) is 2.98. The van der Waals surface area contributed by atoms with Crippen LogP contribution in [0.2, 0.25) is 0 Å². The van der Waals surface area contributed by atoms with E-state index >= 15 is 0 Å². The monoisotopic (exact) mass is 448 g/mol. The van der Waals surface area contributed by atoms with Gasteiger partial charge in [0.1, 0.15) is 17.2 Å². The largest absolute Gasteiger partial charge is 0.444 e. The van der Waals surface area contributed by atoms with Crippen molar-refractivity contribution in [3.8, 4) is 0 Å². The second-order valence-electron chi connectivity index (χ2n) is 9.16. The van der Waals surface area contributed by atoms with E-state index in [2.05, 4.69) is 10.6 Å². The molecule has 0 saturated carbocycles. The normalized spacial score (nSPS) is 19.8. The molecule has 1 amide bonds. The zero-order chi connectivity index (χ0) is 23.5. The third-order valence-electron chi connectivity index (χ3n) is 5.30. The van der Waals surface area contributed by atoms with E-state index in [9.17, 15) is 23.8 Å². The third kappa shape index (κ3) is 6.48. The summed E-state index contributed by atoms with van der Waals surface area (Å²) in [6, 6.07) is 9.48. The fraction of sp³-hybridized carbons (Fsp3) is 0.458. The highest BCUT2D eigenvalue weighted by atomic mass is 19.1. The highest BCUT2D eigenvalue weighted by Crippen LogP contribution is 2.31. The molecule has 8 heteroatoms. The van der Waals surface area contributed by atoms with Gasteiger partial charge in [-0.15, -0.1) is 0 Å². The highest BCUT2D eigenvalue weighted by molar-refractivity contribution is 5.68. The van der Waals surface area contributed by atoms with Crippen LogP contribution in [0.3, 0.4) is 0 Å². The van der Waals surface area contributed by atoms with Gasteiger partial charge in [0.25, 0.3) is 0 Å². The molecule has 2 aromatic carbocycles. The molecule has 0 aromatic heterocycles. The SMILES string of the molecule is CC(C)(C)OC(=O)NC(Cc1cc(F)cc(F)c1)C(O)CNC1c2ccccc2CC1O. The maximum absolute atomic E-state index is 13.6. The van der Waals surface area contributed by atoms with Crippen molar-refractivity contribution in [2.75, 3.05) is 6.54 Å². The average molecular weight is 449 g/mol. The summed E-state index contributed by atoms with van der Waals surface area (Å²) in [7, 11) is 0. The van der Waals surface area contributed by atoms with Crippen LogP contribution in [0.4, 0.5) is 13.6 Å². The van der Waals surface area contributed by atoms with Crippen LogP contribution in [0.1, 0.15) is 43.5 Å². The van der Waals surface area contributed by atoms with Gasteiger partial charge in [-0.25, -0.2) is 13.6 Å². The lowest BCUT2D eigenvalue weighted by atomic mass is 10.00. The van der Waals surface area contributed by atoms with Crippen LogP contribution in [-0.2, 0) is 17.6 Å². The number of nitrogens with one attached hydrogen (secondary N) is 2. The molecule has 3 rings (SSSR count). The lowest BCUT2D eigenvalue weighted by molar-refractivity contribution is 0.0410. The summed E-state index contributed by atoms with van der Waals surface area (Å²) >= 11 is 0. The van der Waals surface area contributed by atoms with Gasteiger partial charge in [-0.2, -0.15) is 0 Å². The molecule has 0 radical (unpaired) electrons. The minimum absolute atomic E-state index is 0.0133. The fourth-order valence-corrected chi connectivity index (χ4v) is 3.93. The van der Waals surface area contributed by atoms with E-state index in [0.29, 0.717) is 6.42 Å². The van der Waals surface area contributed by atoms with Gasteiger partial charge in [0.2, 0.25) is 0 Å². The first-order valence-corrected chi connectivity index (χ1v) is 10.6. The van der Waals surface area contributed by atoms with Crippen LogP contribution < -0.4 is 10.6 Å². The summed E-state index contributed by atoms with van der Waals surface area (Å²) in [4.78, 5) is 12.3. The molecular formula is C24H30F2N2O4. The van der Waals surface area contributed by atoms with Crippen molar-refractivity contribution in [2.45, 2.75) is 63.5 Å². The molecule has 6 nitrogen and oxygen atoms in total. The number of aliphatic hydroxyl groups excluding tert-OH is 2. The minimum Gasteiger partial charge on any atom is -0.444 e. The number of rotatable bonds is 7. The van der Waals surface area contributed by atoms with Gasteiger partial charge in [-0.3, -0.25) is 0 Å². The van der Waals surface area contributed by atoms with Crippen LogP contribution in [0.5, 0.6) is 0 Å². The molecule has 32 heavy (non-hydrogen) atoms. The molecule has 0 bridgehead atoms. The number of ether oxygens (including phenoxy) is 1. The van der Waals surface area contributed by atoms with Crippen molar-refractivity contribution < 1.29 is 28.5 Å². The molecule has 0 saturated heterocycles. The lowest BCUT2D eigenvalue weighted by Crippen LogP contribution is -2.50. The van der Waals surface area contributed by atoms with Crippen LogP contribution in [-0.4, -0.2) is 46.7 Å². The van der Waals surface area contributed by atoms with Crippen LogP contribution in [0, 0.1) is 11.6 Å². The number of carbonyl (C=O) groups excluding carboxylic acids is 1. The van der Waals surface area contributed by atoms with Crippen LogP contribution in [0.25, 0.3) is 0 Å². The molecule has 4 unspecified atom stereocenters. The van der Waals surface area contributed by atoms with Gasteiger partial charge in [-0.05, 0) is 56.0 Å². The van der Waals surface area contributed by atoms with E-state index in [1.54, 1.807) is 20.8 Å². The Labute approximate surface area is 186 Å². The van der Waals surface area contributed by atoms with Gasteiger partial charge in [0, 0.05) is 19.0 Å². The first kappa shape index (κ1) is 24.1. The van der Waals surface area contributed by atoms with Gasteiger partial charge in [-0.1, -0.05) is 24.3 Å². The Kier molecular flexibility index (Phi) is 7.48. The number of halogens is 2. The number of amides is 1. The molecule has 0 aliphatic heterocycles. The van der Waals surface area contributed by atoms with Crippen molar-refractivity contribution in [1.82, 2.24) is 10.6 Å². The standard InChI is InChI=1S/C24H30F2N2O4/c1-24(2,3)32-23(31)28-19(10-14-8-16(25)12-17(26)9-14)21(30)13-27-22-18-7-5-4-6-15(18)11-20(22)29/h4-9,12,19-22,27,29-30H,10-11,13H2,1-3H3,(H,28,31). The smallest absolute Gasteiger partial charge is 0.407 e. The first-order chi connectivity index (χ1) is 15.0. The second kappa shape index (κ2) is 9.94. The van der Waals surface area contributed by atoms with Crippen molar-refractivity contribution in [2.24, 2.45) is 0 Å². The summed E-state index contributed by atoms with van der Waals surface area (Å²) in [6.07, 6.45) is -2.01. The topological polar surface area (TPSA) is 90.8 Å². The van der Waals surface area contributed by atoms with E-state index in [4.69, 9.17) is 4.74 Å².